The van der Waals surface area contributed by atoms with E-state index in [4.69, 9.17) is 11.6 Å². The summed E-state index contributed by atoms with van der Waals surface area (Å²) < 4.78 is 0. The van der Waals surface area contributed by atoms with E-state index in [-0.39, 0.29) is 11.6 Å². The summed E-state index contributed by atoms with van der Waals surface area (Å²) in [6, 6.07) is 14.8. The van der Waals surface area contributed by atoms with E-state index in [1.807, 2.05) is 38.1 Å². The molecular weight excluding hydrogens is 336 g/mol. The highest BCUT2D eigenvalue weighted by atomic mass is 35.5. The normalized spacial score (nSPS) is 10.4. The fourth-order valence-corrected chi connectivity index (χ4v) is 2.51. The van der Waals surface area contributed by atoms with Gasteiger partial charge in [0.25, 0.3) is 5.91 Å². The summed E-state index contributed by atoms with van der Waals surface area (Å²) in [6.45, 7) is 3.90. The van der Waals surface area contributed by atoms with E-state index >= 15 is 0 Å². The van der Waals surface area contributed by atoms with Crippen LogP contribution in [0.1, 0.15) is 21.6 Å². The Labute approximate surface area is 151 Å². The number of halogens is 1. The van der Waals surface area contributed by atoms with Gasteiger partial charge in [0.1, 0.15) is 17.8 Å². The number of aromatic nitrogens is 2. The van der Waals surface area contributed by atoms with Crippen LogP contribution in [0, 0.1) is 13.8 Å². The van der Waals surface area contributed by atoms with Gasteiger partial charge in [-0.15, -0.1) is 0 Å². The smallest absolute Gasteiger partial charge is 0.274 e. The fourth-order valence-electron chi connectivity index (χ4n) is 2.29. The lowest BCUT2D eigenvalue weighted by atomic mass is 10.2. The molecule has 3 aromatic rings. The van der Waals surface area contributed by atoms with E-state index in [0.717, 1.165) is 11.3 Å². The van der Waals surface area contributed by atoms with E-state index < -0.39 is 0 Å². The number of benzene rings is 2. The van der Waals surface area contributed by atoms with Crippen LogP contribution in [-0.2, 0) is 0 Å². The maximum Gasteiger partial charge on any atom is 0.274 e. The minimum atomic E-state index is -0.306. The van der Waals surface area contributed by atoms with Gasteiger partial charge in [-0.25, -0.2) is 9.97 Å². The Morgan fingerprint density at radius 2 is 1.76 bits per heavy atom. The molecule has 0 saturated heterocycles. The Balaban J connectivity index is 1.76. The van der Waals surface area contributed by atoms with Gasteiger partial charge in [-0.3, -0.25) is 4.79 Å². The molecule has 0 unspecified atom stereocenters. The number of hydrogen-bond donors (Lipinski definition) is 2. The molecule has 0 aliphatic carbocycles. The zero-order chi connectivity index (χ0) is 17.8. The SMILES string of the molecule is Cc1ccc(Nc2cc(C(=O)Nc3ccc(Cl)cc3C)ncn2)cc1. The average Bonchev–Trinajstić information content (AvgIpc) is 2.60. The second-order valence-electron chi connectivity index (χ2n) is 5.69. The lowest BCUT2D eigenvalue weighted by Crippen LogP contribution is -2.15. The first-order valence-corrected chi connectivity index (χ1v) is 8.12. The summed E-state index contributed by atoms with van der Waals surface area (Å²) in [6.07, 6.45) is 1.36. The van der Waals surface area contributed by atoms with Crippen molar-refractivity contribution in [3.05, 3.63) is 76.7 Å². The third kappa shape index (κ3) is 4.33. The van der Waals surface area contributed by atoms with Gasteiger partial charge < -0.3 is 10.6 Å². The first kappa shape index (κ1) is 16.9. The monoisotopic (exact) mass is 352 g/mol. The Kier molecular flexibility index (Phi) is 4.95. The number of nitrogens with zero attached hydrogens (tertiary/aromatic N) is 2. The molecule has 0 aliphatic rings. The van der Waals surface area contributed by atoms with Crippen LogP contribution < -0.4 is 10.6 Å². The molecule has 0 radical (unpaired) electrons. The van der Waals surface area contributed by atoms with Crippen molar-refractivity contribution in [2.45, 2.75) is 13.8 Å². The lowest BCUT2D eigenvalue weighted by molar-refractivity contribution is 0.102. The van der Waals surface area contributed by atoms with Crippen LogP contribution in [0.25, 0.3) is 0 Å². The lowest BCUT2D eigenvalue weighted by Gasteiger charge is -2.10. The molecule has 0 saturated carbocycles. The highest BCUT2D eigenvalue weighted by molar-refractivity contribution is 6.30. The average molecular weight is 353 g/mol. The molecule has 1 aromatic heterocycles. The first-order chi connectivity index (χ1) is 12.0. The van der Waals surface area contributed by atoms with E-state index in [1.54, 1.807) is 24.3 Å². The van der Waals surface area contributed by atoms with Crippen molar-refractivity contribution in [1.29, 1.82) is 0 Å². The molecule has 0 spiro atoms. The predicted octanol–water partition coefficient (Wildman–Crippen LogP) is 4.74. The molecular formula is C19H17ClN4O. The van der Waals surface area contributed by atoms with E-state index in [2.05, 4.69) is 20.6 Å². The Bertz CT molecular complexity index is 910. The van der Waals surface area contributed by atoms with E-state index in [1.165, 1.54) is 11.9 Å². The molecule has 126 valence electrons. The summed E-state index contributed by atoms with van der Waals surface area (Å²) in [4.78, 5) is 20.6. The second-order valence-corrected chi connectivity index (χ2v) is 6.13. The van der Waals surface area contributed by atoms with Crippen LogP contribution in [-0.4, -0.2) is 15.9 Å². The number of anilines is 3. The van der Waals surface area contributed by atoms with Crippen LogP contribution in [0.15, 0.2) is 54.9 Å². The molecule has 0 bridgehead atoms. The van der Waals surface area contributed by atoms with Crippen LogP contribution in [0.2, 0.25) is 5.02 Å². The Morgan fingerprint density at radius 1 is 1.00 bits per heavy atom. The minimum absolute atomic E-state index is 0.277. The Morgan fingerprint density at radius 3 is 2.48 bits per heavy atom. The number of aryl methyl sites for hydroxylation is 2. The molecule has 2 N–H and O–H groups in total. The highest BCUT2D eigenvalue weighted by Gasteiger charge is 2.11. The molecule has 0 aliphatic heterocycles. The number of carbonyl (C=O) groups excluding carboxylic acids is 1. The topological polar surface area (TPSA) is 66.9 Å². The van der Waals surface area contributed by atoms with E-state index in [9.17, 15) is 4.79 Å². The van der Waals surface area contributed by atoms with Gasteiger partial charge in [0, 0.05) is 22.5 Å². The number of hydrogen-bond acceptors (Lipinski definition) is 4. The predicted molar refractivity (Wildman–Crippen MR) is 101 cm³/mol. The molecule has 0 atom stereocenters. The summed E-state index contributed by atoms with van der Waals surface area (Å²) in [5.41, 5.74) is 3.92. The number of amides is 1. The molecule has 2 aromatic carbocycles. The van der Waals surface area contributed by atoms with Crippen molar-refractivity contribution >= 4 is 34.7 Å². The van der Waals surface area contributed by atoms with Gasteiger partial charge >= 0.3 is 0 Å². The first-order valence-electron chi connectivity index (χ1n) is 7.74. The van der Waals surface area contributed by atoms with E-state index in [0.29, 0.717) is 16.5 Å². The van der Waals surface area contributed by atoms with Crippen molar-refractivity contribution in [2.24, 2.45) is 0 Å². The van der Waals surface area contributed by atoms with Crippen molar-refractivity contribution in [2.75, 3.05) is 10.6 Å². The minimum Gasteiger partial charge on any atom is -0.340 e. The molecule has 1 amide bonds. The summed E-state index contributed by atoms with van der Waals surface area (Å²) in [5.74, 6) is 0.247. The zero-order valence-electron chi connectivity index (χ0n) is 13.9. The molecule has 5 nitrogen and oxygen atoms in total. The number of rotatable bonds is 4. The quantitative estimate of drug-likeness (QED) is 0.711. The Hall–Kier alpha value is -2.92. The van der Waals surface area contributed by atoms with Crippen molar-refractivity contribution in [3.63, 3.8) is 0 Å². The van der Waals surface area contributed by atoms with Crippen molar-refractivity contribution in [3.8, 4) is 0 Å². The number of carbonyl (C=O) groups is 1. The largest absolute Gasteiger partial charge is 0.340 e. The highest BCUT2D eigenvalue weighted by Crippen LogP contribution is 2.21. The standard InChI is InChI=1S/C19H17ClN4O/c1-12-3-6-15(7-4-12)23-18-10-17(21-11-22-18)19(25)24-16-8-5-14(20)9-13(16)2/h3-11H,1-2H3,(H,24,25)(H,21,22,23). The van der Waals surface area contributed by atoms with Crippen molar-refractivity contribution < 1.29 is 4.79 Å². The molecule has 1 heterocycles. The van der Waals surface area contributed by atoms with Gasteiger partial charge in [0.2, 0.25) is 0 Å². The molecule has 3 rings (SSSR count). The molecule has 25 heavy (non-hydrogen) atoms. The third-order valence-electron chi connectivity index (χ3n) is 3.66. The van der Waals surface area contributed by atoms with Gasteiger partial charge in [0.05, 0.1) is 0 Å². The number of nitrogens with one attached hydrogen (secondary N) is 2. The van der Waals surface area contributed by atoms with Gasteiger partial charge in [-0.2, -0.15) is 0 Å². The second kappa shape index (κ2) is 7.32. The van der Waals surface area contributed by atoms with Crippen LogP contribution >= 0.6 is 11.6 Å². The van der Waals surface area contributed by atoms with Gasteiger partial charge in [-0.1, -0.05) is 29.3 Å². The summed E-state index contributed by atoms with van der Waals surface area (Å²) in [7, 11) is 0. The molecule has 0 fully saturated rings. The van der Waals surface area contributed by atoms with Gasteiger partial charge in [-0.05, 0) is 49.7 Å². The third-order valence-corrected chi connectivity index (χ3v) is 3.90. The van der Waals surface area contributed by atoms with Crippen LogP contribution in [0.5, 0.6) is 0 Å². The van der Waals surface area contributed by atoms with Crippen molar-refractivity contribution in [1.82, 2.24) is 9.97 Å². The zero-order valence-corrected chi connectivity index (χ0v) is 14.6. The summed E-state index contributed by atoms with van der Waals surface area (Å²) in [5, 5.41) is 6.62. The maximum absolute atomic E-state index is 12.4. The summed E-state index contributed by atoms with van der Waals surface area (Å²) >= 11 is 5.94. The fraction of sp³-hybridized carbons (Fsp3) is 0.105. The molecule has 6 heteroatoms. The van der Waals surface area contributed by atoms with Crippen LogP contribution in [0.4, 0.5) is 17.2 Å². The van der Waals surface area contributed by atoms with Gasteiger partial charge in [0.15, 0.2) is 0 Å². The van der Waals surface area contributed by atoms with Crippen LogP contribution in [0.3, 0.4) is 0 Å². The maximum atomic E-state index is 12.4.